The van der Waals surface area contributed by atoms with Crippen LogP contribution in [0.15, 0.2) is 69.5 Å². The molecule has 11 heteroatoms. The van der Waals surface area contributed by atoms with Gasteiger partial charge in [-0.1, -0.05) is 65.0 Å². The Bertz CT molecular complexity index is 1510. The highest BCUT2D eigenvalue weighted by atomic mass is 35.5. The first-order valence-corrected chi connectivity index (χ1v) is 14.0. The number of Topliss-reactive ketones (excluding diaryl/α,β-unsaturated/α-hetero) is 1. The van der Waals surface area contributed by atoms with Crippen LogP contribution >= 0.6 is 34.7 Å². The molecule has 0 spiro atoms. The number of aromatic nitrogens is 2. The van der Waals surface area contributed by atoms with E-state index in [1.807, 2.05) is 36.4 Å². The highest BCUT2D eigenvalue weighted by Gasteiger charge is 2.42. The lowest BCUT2D eigenvalue weighted by atomic mass is 9.75. The lowest BCUT2D eigenvalue weighted by Crippen LogP contribution is -2.38. The van der Waals surface area contributed by atoms with Crippen LogP contribution in [0.3, 0.4) is 0 Å². The minimum atomic E-state index is -0.675. The lowest BCUT2D eigenvalue weighted by molar-refractivity contribution is -0.116. The maximum Gasteiger partial charge on any atom is 0.219 e. The van der Waals surface area contributed by atoms with E-state index in [4.69, 9.17) is 26.8 Å². The van der Waals surface area contributed by atoms with Gasteiger partial charge in [0.15, 0.2) is 21.6 Å². The fraction of sp³-hybridized carbons (Fsp3) is 0.259. The van der Waals surface area contributed by atoms with Crippen LogP contribution in [-0.4, -0.2) is 30.2 Å². The quantitative estimate of drug-likeness (QED) is 0.354. The first kappa shape index (κ1) is 26.1. The van der Waals surface area contributed by atoms with E-state index in [1.165, 1.54) is 30.2 Å². The first-order chi connectivity index (χ1) is 18.5. The smallest absolute Gasteiger partial charge is 0.219 e. The summed E-state index contributed by atoms with van der Waals surface area (Å²) in [7, 11) is 3.09. The van der Waals surface area contributed by atoms with Crippen molar-refractivity contribution in [1.82, 2.24) is 10.2 Å². The minimum absolute atomic E-state index is 0.0239. The molecule has 38 heavy (non-hydrogen) atoms. The summed E-state index contributed by atoms with van der Waals surface area (Å²) < 4.78 is 11.9. The van der Waals surface area contributed by atoms with E-state index >= 15 is 0 Å². The van der Waals surface area contributed by atoms with E-state index < -0.39 is 5.92 Å². The van der Waals surface area contributed by atoms with Gasteiger partial charge in [0.25, 0.3) is 0 Å². The van der Waals surface area contributed by atoms with Gasteiger partial charge >= 0.3 is 0 Å². The van der Waals surface area contributed by atoms with Gasteiger partial charge in [0.05, 0.1) is 31.8 Å². The Balaban J connectivity index is 1.57. The number of nitrogens with two attached hydrogens (primary N) is 1. The minimum Gasteiger partial charge on any atom is -0.493 e. The fourth-order valence-electron chi connectivity index (χ4n) is 4.86. The summed E-state index contributed by atoms with van der Waals surface area (Å²) in [4.78, 5) is 15.2. The number of ketones is 1. The standard InChI is InChI=1S/C27H24ClN5O3S2/c1-35-21-12-5-8-16(24(21)36-2)22-17(13-29)25(30)33(19-10-6-11-20(34)23(19)22)26-31-32-27(38-26)37-14-15-7-3-4-9-18(15)28/h3-5,7-9,12,22H,6,10-11,14,30H2,1-2H3. The summed E-state index contributed by atoms with van der Waals surface area (Å²) >= 11 is 9.17. The molecule has 0 bridgehead atoms. The highest BCUT2D eigenvalue weighted by Crippen LogP contribution is 2.50. The first-order valence-electron chi connectivity index (χ1n) is 11.8. The molecule has 1 unspecified atom stereocenters. The number of ether oxygens (including phenoxy) is 2. The second-order valence-electron chi connectivity index (χ2n) is 8.63. The molecule has 1 aromatic heterocycles. The van der Waals surface area contributed by atoms with Crippen molar-refractivity contribution < 1.29 is 14.3 Å². The molecule has 194 valence electrons. The number of hydrogen-bond acceptors (Lipinski definition) is 10. The van der Waals surface area contributed by atoms with Gasteiger partial charge in [0.2, 0.25) is 5.13 Å². The van der Waals surface area contributed by atoms with Gasteiger partial charge < -0.3 is 15.2 Å². The Hall–Kier alpha value is -3.52. The van der Waals surface area contributed by atoms with Crippen LogP contribution < -0.4 is 20.1 Å². The van der Waals surface area contributed by atoms with Crippen molar-refractivity contribution in [1.29, 1.82) is 5.26 Å². The molecule has 2 N–H and O–H groups in total. The molecule has 5 rings (SSSR count). The third kappa shape index (κ3) is 4.62. The zero-order chi connectivity index (χ0) is 26.8. The van der Waals surface area contributed by atoms with Crippen molar-refractivity contribution in [3.05, 3.63) is 81.3 Å². The van der Waals surface area contributed by atoms with Crippen LogP contribution in [0.4, 0.5) is 5.13 Å². The second kappa shape index (κ2) is 11.1. The van der Waals surface area contributed by atoms with Crippen molar-refractivity contribution >= 4 is 45.6 Å². The number of para-hydroxylation sites is 1. The number of benzene rings is 2. The summed E-state index contributed by atoms with van der Waals surface area (Å²) in [6.45, 7) is 0. The number of carbonyl (C=O) groups is 1. The van der Waals surface area contributed by atoms with Crippen molar-refractivity contribution in [3.8, 4) is 17.6 Å². The predicted octanol–water partition coefficient (Wildman–Crippen LogP) is 5.81. The zero-order valence-electron chi connectivity index (χ0n) is 20.7. The third-order valence-electron chi connectivity index (χ3n) is 6.55. The summed E-state index contributed by atoms with van der Waals surface area (Å²) in [6, 6.07) is 15.4. The largest absolute Gasteiger partial charge is 0.493 e. The van der Waals surface area contributed by atoms with Crippen LogP contribution in [0.25, 0.3) is 0 Å². The molecular formula is C27H24ClN5O3S2. The van der Waals surface area contributed by atoms with Crippen LogP contribution in [-0.2, 0) is 10.5 Å². The number of carbonyl (C=O) groups excluding carboxylic acids is 1. The number of nitriles is 1. The van der Waals surface area contributed by atoms with Crippen LogP contribution in [0, 0.1) is 11.3 Å². The molecule has 2 heterocycles. The maximum absolute atomic E-state index is 13.4. The van der Waals surface area contributed by atoms with E-state index in [1.54, 1.807) is 18.1 Å². The third-order valence-corrected chi connectivity index (χ3v) is 9.01. The second-order valence-corrected chi connectivity index (χ2v) is 11.2. The van der Waals surface area contributed by atoms with Gasteiger partial charge in [-0.2, -0.15) is 5.26 Å². The molecule has 0 radical (unpaired) electrons. The monoisotopic (exact) mass is 565 g/mol. The number of thioether (sulfide) groups is 1. The summed E-state index contributed by atoms with van der Waals surface area (Å²) in [5.74, 6) is 1.14. The van der Waals surface area contributed by atoms with Gasteiger partial charge in [-0.05, 0) is 30.5 Å². The Labute approximate surface area is 233 Å². The highest BCUT2D eigenvalue weighted by molar-refractivity contribution is 8.00. The van der Waals surface area contributed by atoms with E-state index in [-0.39, 0.29) is 17.2 Å². The Kier molecular flexibility index (Phi) is 7.61. The average Bonchev–Trinajstić information content (AvgIpc) is 3.40. The summed E-state index contributed by atoms with van der Waals surface area (Å²) in [6.07, 6.45) is 1.69. The fourth-order valence-corrected chi connectivity index (χ4v) is 7.03. The molecule has 0 fully saturated rings. The van der Waals surface area contributed by atoms with E-state index in [9.17, 15) is 10.1 Å². The summed E-state index contributed by atoms with van der Waals surface area (Å²) in [5, 5.41) is 20.2. The maximum atomic E-state index is 13.4. The molecule has 0 saturated carbocycles. The molecule has 0 saturated heterocycles. The predicted molar refractivity (Wildman–Crippen MR) is 148 cm³/mol. The number of methoxy groups -OCH3 is 2. The Morgan fingerprint density at radius 2 is 2.00 bits per heavy atom. The average molecular weight is 566 g/mol. The molecule has 0 amide bonds. The van der Waals surface area contributed by atoms with Crippen LogP contribution in [0.5, 0.6) is 11.5 Å². The molecular weight excluding hydrogens is 542 g/mol. The van der Waals surface area contributed by atoms with E-state index in [0.29, 0.717) is 57.8 Å². The van der Waals surface area contributed by atoms with E-state index in [0.717, 1.165) is 15.6 Å². The molecule has 1 atom stereocenters. The molecule has 1 aliphatic heterocycles. The number of anilines is 1. The van der Waals surface area contributed by atoms with Gasteiger partial charge in [-0.15, -0.1) is 10.2 Å². The van der Waals surface area contributed by atoms with E-state index in [2.05, 4.69) is 16.3 Å². The molecule has 8 nitrogen and oxygen atoms in total. The van der Waals surface area contributed by atoms with Crippen LogP contribution in [0.2, 0.25) is 5.02 Å². The SMILES string of the molecule is COc1cccc(C2C(C#N)=C(N)N(c3nnc(SCc4ccccc4Cl)s3)C3=C2C(=O)CCC3)c1OC. The van der Waals surface area contributed by atoms with Crippen molar-refractivity contribution in [2.75, 3.05) is 19.1 Å². The molecule has 1 aliphatic carbocycles. The summed E-state index contributed by atoms with van der Waals surface area (Å²) in [5.41, 5.74) is 9.87. The van der Waals surface area contributed by atoms with Crippen molar-refractivity contribution in [3.63, 3.8) is 0 Å². The number of hydrogen-bond donors (Lipinski definition) is 1. The van der Waals surface area contributed by atoms with Gasteiger partial charge in [0.1, 0.15) is 5.82 Å². The molecule has 2 aromatic carbocycles. The van der Waals surface area contributed by atoms with Gasteiger partial charge in [-0.25, -0.2) is 0 Å². The van der Waals surface area contributed by atoms with Crippen LogP contribution in [0.1, 0.15) is 36.3 Å². The van der Waals surface area contributed by atoms with Gasteiger partial charge in [-0.3, -0.25) is 9.69 Å². The molecule has 2 aliphatic rings. The number of rotatable bonds is 7. The number of nitrogens with zero attached hydrogens (tertiary/aromatic N) is 4. The van der Waals surface area contributed by atoms with Crippen molar-refractivity contribution in [2.24, 2.45) is 5.73 Å². The number of halogens is 1. The normalized spacial score (nSPS) is 17.4. The van der Waals surface area contributed by atoms with Crippen molar-refractivity contribution in [2.45, 2.75) is 35.3 Å². The lowest BCUT2D eigenvalue weighted by Gasteiger charge is -2.38. The zero-order valence-corrected chi connectivity index (χ0v) is 23.1. The van der Waals surface area contributed by atoms with Gasteiger partial charge in [0, 0.05) is 34.0 Å². The topological polar surface area (TPSA) is 114 Å². The molecule has 3 aromatic rings. The number of allylic oxidation sites excluding steroid dienone is 3. The Morgan fingerprint density at radius 3 is 2.74 bits per heavy atom. The Morgan fingerprint density at radius 1 is 1.18 bits per heavy atom.